The predicted molar refractivity (Wildman–Crippen MR) is 73.7 cm³/mol. The van der Waals surface area contributed by atoms with Crippen LogP contribution in [0.4, 0.5) is 10.1 Å². The van der Waals surface area contributed by atoms with Gasteiger partial charge in [0.1, 0.15) is 0 Å². The Hall–Kier alpha value is -1.29. The molecule has 0 spiro atoms. The number of nitrogens with two attached hydrogens (primary N) is 1. The molecule has 1 unspecified atom stereocenters. The van der Waals surface area contributed by atoms with Gasteiger partial charge in [-0.2, -0.15) is 0 Å². The minimum atomic E-state index is -0.333. The fourth-order valence-corrected chi connectivity index (χ4v) is 2.05. The van der Waals surface area contributed by atoms with Gasteiger partial charge in [-0.25, -0.2) is 4.39 Å². The summed E-state index contributed by atoms with van der Waals surface area (Å²) in [5, 5.41) is 0. The number of halogens is 1. The topological polar surface area (TPSA) is 38.5 Å². The van der Waals surface area contributed by atoms with Crippen LogP contribution in [0.3, 0.4) is 0 Å². The Morgan fingerprint density at radius 3 is 2.50 bits per heavy atom. The largest absolute Gasteiger partial charge is 0.491 e. The lowest BCUT2D eigenvalue weighted by atomic mass is 10.0. The molecule has 0 bridgehead atoms. The molecule has 1 rings (SSSR count). The maximum absolute atomic E-state index is 13.8. The molecule has 18 heavy (non-hydrogen) atoms. The van der Waals surface area contributed by atoms with Crippen molar-refractivity contribution in [3.05, 3.63) is 24.0 Å². The highest BCUT2D eigenvalue weighted by Crippen LogP contribution is 2.25. The molecule has 0 amide bonds. The van der Waals surface area contributed by atoms with Gasteiger partial charge in [0.25, 0.3) is 0 Å². The first-order valence-electron chi connectivity index (χ1n) is 6.36. The van der Waals surface area contributed by atoms with Crippen LogP contribution in [-0.2, 0) is 0 Å². The third-order valence-corrected chi connectivity index (χ3v) is 3.13. The van der Waals surface area contributed by atoms with Crippen molar-refractivity contribution in [2.45, 2.75) is 26.8 Å². The van der Waals surface area contributed by atoms with Crippen LogP contribution in [0.25, 0.3) is 0 Å². The molecule has 0 saturated carbocycles. The van der Waals surface area contributed by atoms with Crippen molar-refractivity contribution in [3.63, 3.8) is 0 Å². The van der Waals surface area contributed by atoms with Gasteiger partial charge in [-0.3, -0.25) is 0 Å². The summed E-state index contributed by atoms with van der Waals surface area (Å²) in [5.74, 6) is 0.374. The van der Waals surface area contributed by atoms with E-state index in [1.165, 1.54) is 6.07 Å². The summed E-state index contributed by atoms with van der Waals surface area (Å²) in [6.45, 7) is 7.06. The monoisotopic (exact) mass is 254 g/mol. The number of hydrogen-bond acceptors (Lipinski definition) is 3. The van der Waals surface area contributed by atoms with Crippen molar-refractivity contribution in [2.75, 3.05) is 25.1 Å². The van der Waals surface area contributed by atoms with Crippen molar-refractivity contribution in [1.82, 2.24) is 0 Å². The van der Waals surface area contributed by atoms with E-state index in [0.717, 1.165) is 5.69 Å². The first-order chi connectivity index (χ1) is 8.51. The fourth-order valence-electron chi connectivity index (χ4n) is 2.05. The lowest BCUT2D eigenvalue weighted by Crippen LogP contribution is -2.41. The Morgan fingerprint density at radius 2 is 2.06 bits per heavy atom. The van der Waals surface area contributed by atoms with Gasteiger partial charge in [-0.05, 0) is 25.0 Å². The first-order valence-corrected chi connectivity index (χ1v) is 6.36. The van der Waals surface area contributed by atoms with Crippen molar-refractivity contribution in [3.8, 4) is 5.75 Å². The number of ether oxygens (including phenoxy) is 1. The second kappa shape index (κ2) is 6.59. The average Bonchev–Trinajstić information content (AvgIpc) is 2.32. The van der Waals surface area contributed by atoms with Crippen LogP contribution in [0.1, 0.15) is 20.8 Å². The minimum absolute atomic E-state index is 0.197. The smallest absolute Gasteiger partial charge is 0.167 e. The van der Waals surface area contributed by atoms with Gasteiger partial charge in [0.15, 0.2) is 11.6 Å². The first kappa shape index (κ1) is 14.8. The highest BCUT2D eigenvalue weighted by Gasteiger charge is 2.18. The summed E-state index contributed by atoms with van der Waals surface area (Å²) < 4.78 is 19.0. The van der Waals surface area contributed by atoms with E-state index in [1.807, 2.05) is 24.9 Å². The Kier molecular flexibility index (Phi) is 5.41. The van der Waals surface area contributed by atoms with Crippen molar-refractivity contribution in [2.24, 2.45) is 11.7 Å². The van der Waals surface area contributed by atoms with E-state index in [4.69, 9.17) is 10.5 Å². The molecule has 0 aromatic heterocycles. The SMILES string of the molecule is CCOc1ccc(N(C)C(CN)C(C)C)cc1F. The Bertz CT molecular complexity index is 382. The standard InChI is InChI=1S/C14H23FN2O/c1-5-18-14-7-6-11(8-12(14)15)17(4)13(9-16)10(2)3/h6-8,10,13H,5,9,16H2,1-4H3. The number of benzene rings is 1. The number of likely N-dealkylation sites (N-methyl/N-ethyl adjacent to an activating group) is 1. The molecule has 0 aliphatic rings. The van der Waals surface area contributed by atoms with Crippen molar-refractivity contribution >= 4 is 5.69 Å². The molecule has 0 saturated heterocycles. The highest BCUT2D eigenvalue weighted by atomic mass is 19.1. The molecular weight excluding hydrogens is 231 g/mol. The maximum Gasteiger partial charge on any atom is 0.167 e. The maximum atomic E-state index is 13.8. The molecule has 0 aliphatic carbocycles. The molecule has 0 radical (unpaired) electrons. The van der Waals surface area contributed by atoms with Crippen LogP contribution >= 0.6 is 0 Å². The third-order valence-electron chi connectivity index (χ3n) is 3.13. The van der Waals surface area contributed by atoms with Crippen LogP contribution < -0.4 is 15.4 Å². The zero-order chi connectivity index (χ0) is 13.7. The van der Waals surface area contributed by atoms with Crippen molar-refractivity contribution in [1.29, 1.82) is 0 Å². The molecule has 4 heteroatoms. The van der Waals surface area contributed by atoms with E-state index in [0.29, 0.717) is 24.8 Å². The number of anilines is 1. The average molecular weight is 254 g/mol. The molecular formula is C14H23FN2O. The van der Waals surface area contributed by atoms with E-state index in [2.05, 4.69) is 13.8 Å². The highest BCUT2D eigenvalue weighted by molar-refractivity contribution is 5.50. The molecule has 3 nitrogen and oxygen atoms in total. The summed E-state index contributed by atoms with van der Waals surface area (Å²) in [7, 11) is 1.94. The lowest BCUT2D eigenvalue weighted by Gasteiger charge is -2.32. The molecule has 1 aromatic rings. The van der Waals surface area contributed by atoms with Gasteiger partial charge < -0.3 is 15.4 Å². The lowest BCUT2D eigenvalue weighted by molar-refractivity contribution is 0.321. The van der Waals surface area contributed by atoms with Gasteiger partial charge in [0.2, 0.25) is 0 Å². The normalized spacial score (nSPS) is 12.6. The summed E-state index contributed by atoms with van der Waals surface area (Å²) in [6.07, 6.45) is 0. The van der Waals surface area contributed by atoms with E-state index >= 15 is 0 Å². The van der Waals surface area contributed by atoms with E-state index in [-0.39, 0.29) is 11.9 Å². The number of hydrogen-bond donors (Lipinski definition) is 1. The molecule has 2 N–H and O–H groups in total. The van der Waals surface area contributed by atoms with Crippen LogP contribution in [0.5, 0.6) is 5.75 Å². The van der Waals surface area contributed by atoms with E-state index in [1.54, 1.807) is 6.07 Å². The Balaban J connectivity index is 2.92. The zero-order valence-corrected chi connectivity index (χ0v) is 11.6. The van der Waals surface area contributed by atoms with Gasteiger partial charge in [-0.1, -0.05) is 13.8 Å². The fraction of sp³-hybridized carbons (Fsp3) is 0.571. The predicted octanol–water partition coefficient (Wildman–Crippen LogP) is 2.64. The summed E-state index contributed by atoms with van der Waals surface area (Å²) in [5.41, 5.74) is 6.59. The van der Waals surface area contributed by atoms with Gasteiger partial charge in [0.05, 0.1) is 6.61 Å². The Morgan fingerprint density at radius 1 is 1.39 bits per heavy atom. The summed E-state index contributed by atoms with van der Waals surface area (Å²) in [4.78, 5) is 2.02. The zero-order valence-electron chi connectivity index (χ0n) is 11.6. The van der Waals surface area contributed by atoms with Gasteiger partial charge in [-0.15, -0.1) is 0 Å². The van der Waals surface area contributed by atoms with Crippen LogP contribution in [0, 0.1) is 11.7 Å². The van der Waals surface area contributed by atoms with Crippen molar-refractivity contribution < 1.29 is 9.13 Å². The van der Waals surface area contributed by atoms with Gasteiger partial charge >= 0.3 is 0 Å². The molecule has 0 heterocycles. The second-order valence-electron chi connectivity index (χ2n) is 4.71. The molecule has 102 valence electrons. The second-order valence-corrected chi connectivity index (χ2v) is 4.71. The Labute approximate surface area is 109 Å². The summed E-state index contributed by atoms with van der Waals surface area (Å²) >= 11 is 0. The van der Waals surface area contributed by atoms with Crippen LogP contribution in [0.2, 0.25) is 0 Å². The molecule has 1 aromatic carbocycles. The van der Waals surface area contributed by atoms with Crippen LogP contribution in [0.15, 0.2) is 18.2 Å². The van der Waals surface area contributed by atoms with Gasteiger partial charge in [0, 0.05) is 31.4 Å². The molecule has 0 aliphatic heterocycles. The van der Waals surface area contributed by atoms with E-state index < -0.39 is 0 Å². The van der Waals surface area contributed by atoms with Crippen LogP contribution in [-0.4, -0.2) is 26.2 Å². The number of nitrogens with zero attached hydrogens (tertiary/aromatic N) is 1. The quantitative estimate of drug-likeness (QED) is 0.848. The third kappa shape index (κ3) is 3.35. The summed E-state index contributed by atoms with van der Waals surface area (Å²) in [6, 6.07) is 5.22. The minimum Gasteiger partial charge on any atom is -0.491 e. The molecule has 1 atom stereocenters. The van der Waals surface area contributed by atoms with E-state index in [9.17, 15) is 4.39 Å². The number of rotatable bonds is 6. The molecule has 0 fully saturated rings.